The predicted octanol–water partition coefficient (Wildman–Crippen LogP) is 1.06. The second kappa shape index (κ2) is 8.38. The van der Waals surface area contributed by atoms with Crippen molar-refractivity contribution < 1.29 is 13.2 Å². The summed E-state index contributed by atoms with van der Waals surface area (Å²) in [6, 6.07) is 2.96. The van der Waals surface area contributed by atoms with Gasteiger partial charge in [0.2, 0.25) is 10.0 Å². The molecule has 8 heteroatoms. The molecule has 0 atom stereocenters. The Hall–Kier alpha value is -1.09. The molecule has 0 bridgehead atoms. The molecule has 3 N–H and O–H groups in total. The lowest BCUT2D eigenvalue weighted by molar-refractivity contribution is 0.108. The Labute approximate surface area is 131 Å². The third-order valence-corrected chi connectivity index (χ3v) is 4.19. The lowest BCUT2D eigenvalue weighted by atomic mass is 10.2. The molecule has 0 aliphatic carbocycles. The average molecular weight is 331 g/mol. The smallest absolute Gasteiger partial charge is 0.242 e. The van der Waals surface area contributed by atoms with Crippen molar-refractivity contribution in [2.45, 2.75) is 25.2 Å². The van der Waals surface area contributed by atoms with Gasteiger partial charge >= 0.3 is 0 Å². The highest BCUT2D eigenvalue weighted by molar-refractivity contribution is 7.89. The number of hydrogen-bond donors (Lipinski definition) is 2. The third-order valence-electron chi connectivity index (χ3n) is 2.50. The maximum atomic E-state index is 12.2. The molecule has 1 rings (SSSR count). The first-order valence-electron chi connectivity index (χ1n) is 6.67. The number of thiocarbonyl (C=S) groups is 1. The molecule has 0 amide bonds. The molecular weight excluding hydrogens is 310 g/mol. The van der Waals surface area contributed by atoms with E-state index < -0.39 is 10.0 Å². The lowest BCUT2D eigenvalue weighted by Gasteiger charge is -2.10. The van der Waals surface area contributed by atoms with E-state index in [4.69, 9.17) is 22.7 Å². The highest BCUT2D eigenvalue weighted by atomic mass is 32.2. The molecule has 6 nitrogen and oxygen atoms in total. The summed E-state index contributed by atoms with van der Waals surface area (Å²) >= 11 is 4.82. The largest absolute Gasteiger partial charge is 0.388 e. The molecule has 0 spiro atoms. The fourth-order valence-corrected chi connectivity index (χ4v) is 3.04. The van der Waals surface area contributed by atoms with Gasteiger partial charge in [0.25, 0.3) is 0 Å². The molecule has 1 heterocycles. The molecule has 0 radical (unpaired) electrons. The first-order chi connectivity index (χ1) is 9.84. The fourth-order valence-electron chi connectivity index (χ4n) is 1.57. The van der Waals surface area contributed by atoms with Crippen molar-refractivity contribution in [3.63, 3.8) is 0 Å². The Morgan fingerprint density at radius 2 is 2.24 bits per heavy atom. The zero-order chi connectivity index (χ0) is 15.9. The van der Waals surface area contributed by atoms with Crippen LogP contribution in [0.2, 0.25) is 0 Å². The van der Waals surface area contributed by atoms with E-state index in [1.165, 1.54) is 18.3 Å². The zero-order valence-corrected chi connectivity index (χ0v) is 13.8. The number of nitrogens with one attached hydrogen (secondary N) is 1. The van der Waals surface area contributed by atoms with Gasteiger partial charge in [-0.15, -0.1) is 0 Å². The van der Waals surface area contributed by atoms with Crippen LogP contribution in [0, 0.1) is 5.92 Å². The Morgan fingerprint density at radius 1 is 1.52 bits per heavy atom. The number of hydrogen-bond acceptors (Lipinski definition) is 5. The first-order valence-corrected chi connectivity index (χ1v) is 8.56. The summed E-state index contributed by atoms with van der Waals surface area (Å²) in [6.45, 7) is 5.58. The molecule has 0 aliphatic rings. The van der Waals surface area contributed by atoms with Crippen molar-refractivity contribution in [1.82, 2.24) is 9.71 Å². The van der Waals surface area contributed by atoms with E-state index in [9.17, 15) is 8.42 Å². The number of pyridine rings is 1. The summed E-state index contributed by atoms with van der Waals surface area (Å²) in [5.41, 5.74) is 5.60. The van der Waals surface area contributed by atoms with E-state index in [-0.39, 0.29) is 22.1 Å². The van der Waals surface area contributed by atoms with Gasteiger partial charge in [0.05, 0.1) is 0 Å². The molecule has 0 saturated heterocycles. The van der Waals surface area contributed by atoms with Gasteiger partial charge in [-0.25, -0.2) is 13.1 Å². The predicted molar refractivity (Wildman–Crippen MR) is 85.6 cm³/mol. The maximum absolute atomic E-state index is 12.2. The molecule has 0 fully saturated rings. The number of aromatic nitrogens is 1. The third kappa shape index (κ3) is 6.04. The Kier molecular flexibility index (Phi) is 7.16. The van der Waals surface area contributed by atoms with Crippen molar-refractivity contribution in [2.24, 2.45) is 11.7 Å². The Bertz CT molecular complexity index is 574. The van der Waals surface area contributed by atoms with Gasteiger partial charge in [-0.05, 0) is 24.5 Å². The van der Waals surface area contributed by atoms with Gasteiger partial charge in [0.15, 0.2) is 0 Å². The quantitative estimate of drug-likeness (QED) is 0.519. The van der Waals surface area contributed by atoms with E-state index in [2.05, 4.69) is 23.6 Å². The van der Waals surface area contributed by atoms with Crippen molar-refractivity contribution in [1.29, 1.82) is 0 Å². The van der Waals surface area contributed by atoms with Crippen LogP contribution in [0.4, 0.5) is 0 Å². The van der Waals surface area contributed by atoms with E-state index in [1.807, 2.05) is 0 Å². The summed E-state index contributed by atoms with van der Waals surface area (Å²) in [4.78, 5) is 3.87. The highest BCUT2D eigenvalue weighted by Gasteiger charge is 2.19. The highest BCUT2D eigenvalue weighted by Crippen LogP contribution is 2.12. The number of ether oxygens (including phenoxy) is 1. The minimum Gasteiger partial charge on any atom is -0.388 e. The van der Waals surface area contributed by atoms with E-state index in [0.717, 1.165) is 0 Å². The summed E-state index contributed by atoms with van der Waals surface area (Å²) in [6.07, 6.45) is 2.04. The summed E-state index contributed by atoms with van der Waals surface area (Å²) in [7, 11) is -3.68. The molecule has 21 heavy (non-hydrogen) atoms. The zero-order valence-electron chi connectivity index (χ0n) is 12.2. The fraction of sp³-hybridized carbons (Fsp3) is 0.538. The van der Waals surface area contributed by atoms with Gasteiger partial charge in [-0.2, -0.15) is 0 Å². The van der Waals surface area contributed by atoms with Crippen LogP contribution in [0.5, 0.6) is 0 Å². The van der Waals surface area contributed by atoms with Crippen molar-refractivity contribution in [3.8, 4) is 0 Å². The van der Waals surface area contributed by atoms with Gasteiger partial charge < -0.3 is 10.5 Å². The summed E-state index contributed by atoms with van der Waals surface area (Å²) in [5, 5.41) is 0. The van der Waals surface area contributed by atoms with E-state index >= 15 is 0 Å². The number of nitrogens with zero attached hydrogens (tertiary/aromatic N) is 1. The van der Waals surface area contributed by atoms with Crippen LogP contribution in [0.25, 0.3) is 0 Å². The average Bonchev–Trinajstić information content (AvgIpc) is 2.42. The monoisotopic (exact) mass is 331 g/mol. The van der Waals surface area contributed by atoms with Crippen LogP contribution >= 0.6 is 12.2 Å². The number of sulfonamides is 1. The molecule has 0 aliphatic heterocycles. The summed E-state index contributed by atoms with van der Waals surface area (Å²) in [5.74, 6) is 0.463. The van der Waals surface area contributed by atoms with Crippen LogP contribution < -0.4 is 10.5 Å². The van der Waals surface area contributed by atoms with Gasteiger partial charge in [-0.1, -0.05) is 26.1 Å². The molecule has 1 aromatic heterocycles. The lowest BCUT2D eigenvalue weighted by Crippen LogP contribution is -2.28. The van der Waals surface area contributed by atoms with Crippen molar-refractivity contribution >= 4 is 27.2 Å². The van der Waals surface area contributed by atoms with Crippen LogP contribution in [0.3, 0.4) is 0 Å². The normalized spacial score (nSPS) is 11.8. The second-order valence-electron chi connectivity index (χ2n) is 4.93. The first kappa shape index (κ1) is 18.0. The van der Waals surface area contributed by atoms with Crippen LogP contribution in [0.15, 0.2) is 23.2 Å². The van der Waals surface area contributed by atoms with E-state index in [0.29, 0.717) is 25.6 Å². The second-order valence-corrected chi connectivity index (χ2v) is 7.11. The Balaban J connectivity index is 2.57. The van der Waals surface area contributed by atoms with Gasteiger partial charge in [0.1, 0.15) is 15.6 Å². The molecule has 0 saturated carbocycles. The van der Waals surface area contributed by atoms with Crippen molar-refractivity contribution in [3.05, 3.63) is 24.0 Å². The van der Waals surface area contributed by atoms with E-state index in [1.54, 1.807) is 0 Å². The molecule has 0 unspecified atom stereocenters. The number of rotatable bonds is 9. The van der Waals surface area contributed by atoms with Crippen LogP contribution in [-0.4, -0.2) is 38.1 Å². The standard InChI is InChI=1S/C13H21N3O3S2/c1-10(2)9-19-8-4-7-16-21(17,18)11-5-3-6-15-12(11)13(14)20/h3,5-6,10,16H,4,7-9H2,1-2H3,(H2,14,20). The molecule has 0 aromatic carbocycles. The van der Waals surface area contributed by atoms with Crippen LogP contribution in [0.1, 0.15) is 26.0 Å². The molecule has 1 aromatic rings. The summed E-state index contributed by atoms with van der Waals surface area (Å²) < 4.78 is 32.3. The van der Waals surface area contributed by atoms with Crippen molar-refractivity contribution in [2.75, 3.05) is 19.8 Å². The molecule has 118 valence electrons. The molecular formula is C13H21N3O3S2. The Morgan fingerprint density at radius 3 is 2.86 bits per heavy atom. The van der Waals surface area contributed by atoms with Crippen LogP contribution in [-0.2, 0) is 14.8 Å². The minimum atomic E-state index is -3.68. The van der Waals surface area contributed by atoms with Gasteiger partial charge in [0, 0.05) is 26.0 Å². The SMILES string of the molecule is CC(C)COCCCNS(=O)(=O)c1cccnc1C(N)=S. The maximum Gasteiger partial charge on any atom is 0.242 e. The number of nitrogens with two attached hydrogens (primary N) is 1. The minimum absolute atomic E-state index is 0.000554. The van der Waals surface area contributed by atoms with Gasteiger partial charge in [-0.3, -0.25) is 4.98 Å². The topological polar surface area (TPSA) is 94.3 Å².